The Hall–Kier alpha value is -3.50. The summed E-state index contributed by atoms with van der Waals surface area (Å²) in [6.45, 7) is 4.27. The largest absolute Gasteiger partial charge is 0.494 e. The minimum Gasteiger partial charge on any atom is -0.494 e. The molecular formula is C27H31N3O5S2. The Morgan fingerprint density at radius 3 is 2.24 bits per heavy atom. The molecule has 3 aromatic rings. The molecule has 0 heterocycles. The van der Waals surface area contributed by atoms with Gasteiger partial charge in [-0.05, 0) is 80.3 Å². The lowest BCUT2D eigenvalue weighted by atomic mass is 10.1. The summed E-state index contributed by atoms with van der Waals surface area (Å²) in [5, 5.41) is 5.50. The SMILES string of the molecule is CCCNC(=O)c1ccccc1NC(=O)CN(c1ccc(OCC)cc1)S(=O)(=O)c1ccc(SC)cc1. The van der Waals surface area contributed by atoms with Crippen LogP contribution >= 0.6 is 11.8 Å². The van der Waals surface area contributed by atoms with E-state index in [1.165, 1.54) is 23.9 Å². The van der Waals surface area contributed by atoms with E-state index < -0.39 is 22.5 Å². The molecule has 0 spiro atoms. The summed E-state index contributed by atoms with van der Waals surface area (Å²) in [7, 11) is -4.09. The molecule has 0 aliphatic carbocycles. The van der Waals surface area contributed by atoms with Crippen molar-refractivity contribution in [2.24, 2.45) is 0 Å². The van der Waals surface area contributed by atoms with Crippen LogP contribution in [0.3, 0.4) is 0 Å². The molecule has 2 N–H and O–H groups in total. The van der Waals surface area contributed by atoms with Gasteiger partial charge in [-0.15, -0.1) is 11.8 Å². The Morgan fingerprint density at radius 2 is 1.62 bits per heavy atom. The summed E-state index contributed by atoms with van der Waals surface area (Å²) in [5.41, 5.74) is 0.906. The first kappa shape index (κ1) is 28.1. The van der Waals surface area contributed by atoms with Gasteiger partial charge < -0.3 is 15.4 Å². The van der Waals surface area contributed by atoms with E-state index in [4.69, 9.17) is 4.74 Å². The van der Waals surface area contributed by atoms with E-state index in [9.17, 15) is 18.0 Å². The van der Waals surface area contributed by atoms with Crippen LogP contribution in [-0.4, -0.2) is 46.2 Å². The van der Waals surface area contributed by atoms with Crippen molar-refractivity contribution in [2.45, 2.75) is 30.1 Å². The number of nitrogens with zero attached hydrogens (tertiary/aromatic N) is 1. The maximum atomic E-state index is 13.7. The lowest BCUT2D eigenvalue weighted by Gasteiger charge is -2.24. The molecule has 0 aromatic heterocycles. The average Bonchev–Trinajstić information content (AvgIpc) is 2.91. The highest BCUT2D eigenvalue weighted by molar-refractivity contribution is 7.98. The second-order valence-corrected chi connectivity index (χ2v) is 10.7. The van der Waals surface area contributed by atoms with Crippen molar-refractivity contribution in [3.8, 4) is 5.75 Å². The Kier molecular flexibility index (Phi) is 9.99. The summed E-state index contributed by atoms with van der Waals surface area (Å²) in [5.74, 6) is -0.319. The highest BCUT2D eigenvalue weighted by Crippen LogP contribution is 2.27. The van der Waals surface area contributed by atoms with E-state index in [1.54, 1.807) is 60.7 Å². The predicted octanol–water partition coefficient (Wildman–Crippen LogP) is 4.78. The van der Waals surface area contributed by atoms with E-state index in [2.05, 4.69) is 10.6 Å². The topological polar surface area (TPSA) is 105 Å². The van der Waals surface area contributed by atoms with Crippen LogP contribution in [0.1, 0.15) is 30.6 Å². The van der Waals surface area contributed by atoms with Crippen molar-refractivity contribution in [1.82, 2.24) is 5.32 Å². The molecule has 2 amide bonds. The van der Waals surface area contributed by atoms with Crippen LogP contribution < -0.4 is 19.7 Å². The van der Waals surface area contributed by atoms with E-state index in [0.29, 0.717) is 35.8 Å². The molecule has 0 aliphatic rings. The highest BCUT2D eigenvalue weighted by atomic mass is 32.2. The minimum atomic E-state index is -4.09. The van der Waals surface area contributed by atoms with Crippen molar-refractivity contribution in [2.75, 3.05) is 35.6 Å². The number of carbonyl (C=O) groups is 2. The lowest BCUT2D eigenvalue weighted by Crippen LogP contribution is -2.38. The van der Waals surface area contributed by atoms with Gasteiger partial charge in [-0.25, -0.2) is 8.42 Å². The van der Waals surface area contributed by atoms with Crippen LogP contribution in [0.25, 0.3) is 0 Å². The monoisotopic (exact) mass is 541 g/mol. The third-order valence-electron chi connectivity index (χ3n) is 5.35. The first-order valence-electron chi connectivity index (χ1n) is 11.9. The van der Waals surface area contributed by atoms with Crippen molar-refractivity contribution < 1.29 is 22.7 Å². The standard InChI is InChI=1S/C27H31N3O5S2/c1-4-18-28-27(32)24-8-6-7-9-25(24)29-26(31)19-30(20-10-12-21(13-11-20)35-5-2)37(33,34)23-16-14-22(36-3)15-17-23/h6-17H,4-5,18-19H2,1-3H3,(H,28,32)(H,29,31). The Bertz CT molecular complexity index is 1310. The van der Waals surface area contributed by atoms with Crippen LogP contribution in [-0.2, 0) is 14.8 Å². The number of hydrogen-bond acceptors (Lipinski definition) is 6. The first-order valence-corrected chi connectivity index (χ1v) is 14.5. The molecule has 0 fully saturated rings. The number of para-hydroxylation sites is 1. The molecule has 3 rings (SSSR count). The third-order valence-corrected chi connectivity index (χ3v) is 7.88. The quantitative estimate of drug-likeness (QED) is 0.320. The molecular weight excluding hydrogens is 510 g/mol. The molecule has 8 nitrogen and oxygen atoms in total. The van der Waals surface area contributed by atoms with E-state index >= 15 is 0 Å². The van der Waals surface area contributed by atoms with Crippen LogP contribution in [0.4, 0.5) is 11.4 Å². The van der Waals surface area contributed by atoms with Crippen LogP contribution in [0.2, 0.25) is 0 Å². The van der Waals surface area contributed by atoms with Crippen molar-refractivity contribution in [3.63, 3.8) is 0 Å². The second kappa shape index (κ2) is 13.2. The molecule has 0 radical (unpaired) electrons. The summed E-state index contributed by atoms with van der Waals surface area (Å²) < 4.78 is 33.9. The zero-order valence-corrected chi connectivity index (χ0v) is 22.7. The smallest absolute Gasteiger partial charge is 0.264 e. The summed E-state index contributed by atoms with van der Waals surface area (Å²) >= 11 is 1.50. The molecule has 10 heteroatoms. The Balaban J connectivity index is 1.92. The van der Waals surface area contributed by atoms with Crippen LogP contribution in [0.5, 0.6) is 5.75 Å². The molecule has 0 saturated carbocycles. The molecule has 196 valence electrons. The van der Waals surface area contributed by atoms with Gasteiger partial charge in [0.2, 0.25) is 5.91 Å². The molecule has 0 aliphatic heterocycles. The number of ether oxygens (including phenoxy) is 1. The summed E-state index contributed by atoms with van der Waals surface area (Å²) in [4.78, 5) is 26.7. The van der Waals surface area contributed by atoms with Gasteiger partial charge in [-0.2, -0.15) is 0 Å². The zero-order valence-electron chi connectivity index (χ0n) is 21.1. The number of rotatable bonds is 12. The number of amides is 2. The Labute approximate surface area is 222 Å². The number of benzene rings is 3. The van der Waals surface area contributed by atoms with Gasteiger partial charge in [0.25, 0.3) is 15.9 Å². The van der Waals surface area contributed by atoms with Crippen LogP contribution in [0, 0.1) is 0 Å². The minimum absolute atomic E-state index is 0.0614. The fourth-order valence-electron chi connectivity index (χ4n) is 3.51. The van der Waals surface area contributed by atoms with Crippen LogP contribution in [0.15, 0.2) is 82.6 Å². The van der Waals surface area contributed by atoms with Gasteiger partial charge in [0.15, 0.2) is 0 Å². The zero-order chi connectivity index (χ0) is 26.8. The van der Waals surface area contributed by atoms with Crippen molar-refractivity contribution >= 4 is 45.0 Å². The number of carbonyl (C=O) groups excluding carboxylic acids is 2. The van der Waals surface area contributed by atoms with E-state index in [0.717, 1.165) is 15.6 Å². The van der Waals surface area contributed by atoms with Gasteiger partial charge >= 0.3 is 0 Å². The van der Waals surface area contributed by atoms with Gasteiger partial charge in [0.05, 0.1) is 28.4 Å². The fraction of sp³-hybridized carbons (Fsp3) is 0.259. The van der Waals surface area contributed by atoms with Gasteiger partial charge in [0.1, 0.15) is 12.3 Å². The van der Waals surface area contributed by atoms with E-state index in [-0.39, 0.29) is 10.8 Å². The number of sulfonamides is 1. The van der Waals surface area contributed by atoms with Crippen molar-refractivity contribution in [1.29, 1.82) is 0 Å². The molecule has 0 bridgehead atoms. The van der Waals surface area contributed by atoms with Crippen molar-refractivity contribution in [3.05, 3.63) is 78.4 Å². The number of thioether (sulfide) groups is 1. The first-order chi connectivity index (χ1) is 17.8. The van der Waals surface area contributed by atoms with Gasteiger partial charge in [0, 0.05) is 11.4 Å². The maximum absolute atomic E-state index is 13.7. The third kappa shape index (κ3) is 7.27. The molecule has 0 saturated heterocycles. The number of anilines is 2. The lowest BCUT2D eigenvalue weighted by molar-refractivity contribution is -0.114. The summed E-state index contributed by atoms with van der Waals surface area (Å²) in [6.07, 6.45) is 2.67. The fourth-order valence-corrected chi connectivity index (χ4v) is 5.34. The maximum Gasteiger partial charge on any atom is 0.264 e. The van der Waals surface area contributed by atoms with Gasteiger partial charge in [-0.3, -0.25) is 13.9 Å². The highest BCUT2D eigenvalue weighted by Gasteiger charge is 2.28. The second-order valence-electron chi connectivity index (χ2n) is 7.96. The molecule has 3 aromatic carbocycles. The van der Waals surface area contributed by atoms with Gasteiger partial charge in [-0.1, -0.05) is 19.1 Å². The Morgan fingerprint density at radius 1 is 0.946 bits per heavy atom. The summed E-state index contributed by atoms with van der Waals surface area (Å²) in [6, 6.07) is 19.6. The van der Waals surface area contributed by atoms with E-state index in [1.807, 2.05) is 20.1 Å². The normalized spacial score (nSPS) is 11.0. The molecule has 0 atom stereocenters. The molecule has 37 heavy (non-hydrogen) atoms. The average molecular weight is 542 g/mol. The molecule has 0 unspecified atom stereocenters. The number of hydrogen-bond donors (Lipinski definition) is 2. The predicted molar refractivity (Wildman–Crippen MR) is 148 cm³/mol. The number of nitrogens with one attached hydrogen (secondary N) is 2.